The van der Waals surface area contributed by atoms with Crippen molar-refractivity contribution in [3.8, 4) is 0 Å². The Morgan fingerprint density at radius 3 is 2.75 bits per heavy atom. The van der Waals surface area contributed by atoms with Gasteiger partial charge in [0.05, 0.1) is 12.6 Å². The Balaban J connectivity index is 2.15. The Morgan fingerprint density at radius 1 is 1.25 bits per heavy atom. The summed E-state index contributed by atoms with van der Waals surface area (Å²) in [6.07, 6.45) is 3.60. The first kappa shape index (κ1) is 12.8. The van der Waals surface area contributed by atoms with E-state index in [0.717, 1.165) is 23.4 Å². The van der Waals surface area contributed by atoms with Crippen LogP contribution < -0.4 is 5.32 Å². The van der Waals surface area contributed by atoms with Crippen LogP contribution >= 0.6 is 0 Å². The third-order valence-electron chi connectivity index (χ3n) is 3.67. The number of rotatable bonds is 2. The molecule has 1 aromatic carbocycles. The van der Waals surface area contributed by atoms with E-state index >= 15 is 0 Å². The molecule has 1 N–H and O–H groups in total. The molecule has 0 saturated carbocycles. The van der Waals surface area contributed by atoms with Crippen molar-refractivity contribution in [1.82, 2.24) is 9.88 Å². The third-order valence-corrected chi connectivity index (χ3v) is 3.67. The van der Waals surface area contributed by atoms with Crippen LogP contribution in [0.4, 0.5) is 5.69 Å². The van der Waals surface area contributed by atoms with Crippen molar-refractivity contribution in [2.45, 2.75) is 13.0 Å². The highest BCUT2D eigenvalue weighted by atomic mass is 16.2. The molecular formula is C16H17N3O. The van der Waals surface area contributed by atoms with Gasteiger partial charge in [0.2, 0.25) is 5.91 Å². The van der Waals surface area contributed by atoms with E-state index in [-0.39, 0.29) is 11.9 Å². The summed E-state index contributed by atoms with van der Waals surface area (Å²) in [4.78, 5) is 18.3. The Bertz CT molecular complexity index is 612. The summed E-state index contributed by atoms with van der Waals surface area (Å²) in [5.41, 5.74) is 3.19. The zero-order valence-electron chi connectivity index (χ0n) is 11.4. The summed E-state index contributed by atoms with van der Waals surface area (Å²) in [7, 11) is 0. The fraction of sp³-hybridized carbons (Fsp3) is 0.250. The SMILES string of the molecule is CCN1CC(=O)Nc2ccccc2C1c1ccncc1. The number of fused-ring (bicyclic) bond motifs is 1. The van der Waals surface area contributed by atoms with Gasteiger partial charge >= 0.3 is 0 Å². The van der Waals surface area contributed by atoms with Gasteiger partial charge in [0.1, 0.15) is 0 Å². The predicted octanol–water partition coefficient (Wildman–Crippen LogP) is 2.45. The lowest BCUT2D eigenvalue weighted by atomic mass is 9.97. The van der Waals surface area contributed by atoms with E-state index in [1.165, 1.54) is 0 Å². The molecule has 0 spiro atoms. The van der Waals surface area contributed by atoms with Crippen LogP contribution in [-0.2, 0) is 4.79 Å². The second-order valence-electron chi connectivity index (χ2n) is 4.88. The molecule has 0 fully saturated rings. The molecule has 1 aliphatic rings. The number of pyridine rings is 1. The van der Waals surface area contributed by atoms with Crippen LogP contribution in [0.25, 0.3) is 0 Å². The molecule has 2 aromatic rings. The van der Waals surface area contributed by atoms with Gasteiger partial charge in [-0.3, -0.25) is 14.7 Å². The lowest BCUT2D eigenvalue weighted by Gasteiger charge is -2.29. The lowest BCUT2D eigenvalue weighted by Crippen LogP contribution is -2.33. The summed E-state index contributed by atoms with van der Waals surface area (Å²) >= 11 is 0. The number of benzene rings is 1. The third kappa shape index (κ3) is 2.30. The second kappa shape index (κ2) is 5.43. The molecule has 0 saturated heterocycles. The number of amides is 1. The Hall–Kier alpha value is -2.20. The molecule has 20 heavy (non-hydrogen) atoms. The van der Waals surface area contributed by atoms with Gasteiger partial charge in [0.25, 0.3) is 0 Å². The van der Waals surface area contributed by atoms with Gasteiger partial charge in [0, 0.05) is 18.1 Å². The number of hydrogen-bond donors (Lipinski definition) is 1. The fourth-order valence-electron chi connectivity index (χ4n) is 2.74. The first-order valence-corrected chi connectivity index (χ1v) is 6.82. The predicted molar refractivity (Wildman–Crippen MR) is 78.4 cm³/mol. The quantitative estimate of drug-likeness (QED) is 0.909. The van der Waals surface area contributed by atoms with E-state index in [0.29, 0.717) is 6.54 Å². The molecule has 1 unspecified atom stereocenters. The van der Waals surface area contributed by atoms with E-state index in [1.807, 2.05) is 30.3 Å². The first-order valence-electron chi connectivity index (χ1n) is 6.82. The van der Waals surface area contributed by atoms with Gasteiger partial charge in [-0.1, -0.05) is 25.1 Å². The molecule has 4 heteroatoms. The smallest absolute Gasteiger partial charge is 0.238 e. The van der Waals surface area contributed by atoms with Crippen LogP contribution in [0.2, 0.25) is 0 Å². The molecule has 102 valence electrons. The highest BCUT2D eigenvalue weighted by Gasteiger charge is 2.28. The molecule has 3 rings (SSSR count). The molecule has 1 aromatic heterocycles. The van der Waals surface area contributed by atoms with Gasteiger partial charge in [-0.2, -0.15) is 0 Å². The number of nitrogens with one attached hydrogen (secondary N) is 1. The molecule has 1 atom stereocenters. The van der Waals surface area contributed by atoms with Gasteiger partial charge < -0.3 is 5.32 Å². The number of para-hydroxylation sites is 1. The van der Waals surface area contributed by atoms with Crippen molar-refractivity contribution in [2.24, 2.45) is 0 Å². The van der Waals surface area contributed by atoms with Crippen molar-refractivity contribution in [2.75, 3.05) is 18.4 Å². The maximum Gasteiger partial charge on any atom is 0.238 e. The summed E-state index contributed by atoms with van der Waals surface area (Å²) in [5.74, 6) is 0.0378. The minimum Gasteiger partial charge on any atom is -0.325 e. The topological polar surface area (TPSA) is 45.2 Å². The Labute approximate surface area is 118 Å². The first-order chi connectivity index (χ1) is 9.79. The van der Waals surface area contributed by atoms with E-state index < -0.39 is 0 Å². The Morgan fingerprint density at radius 2 is 2.00 bits per heavy atom. The Kier molecular flexibility index (Phi) is 3.48. The molecular weight excluding hydrogens is 250 g/mol. The molecule has 0 bridgehead atoms. The van der Waals surface area contributed by atoms with Crippen molar-refractivity contribution >= 4 is 11.6 Å². The van der Waals surface area contributed by atoms with Crippen LogP contribution in [0.1, 0.15) is 24.1 Å². The standard InChI is InChI=1S/C16H17N3O/c1-2-19-11-15(20)18-14-6-4-3-5-13(14)16(19)12-7-9-17-10-8-12/h3-10,16H,2,11H2,1H3,(H,18,20). The fourth-order valence-corrected chi connectivity index (χ4v) is 2.74. The maximum atomic E-state index is 12.0. The van der Waals surface area contributed by atoms with Gasteiger partial charge in [-0.05, 0) is 35.9 Å². The number of aromatic nitrogens is 1. The highest BCUT2D eigenvalue weighted by molar-refractivity contribution is 5.94. The van der Waals surface area contributed by atoms with Gasteiger partial charge in [-0.25, -0.2) is 0 Å². The average Bonchev–Trinajstić information content (AvgIpc) is 2.63. The maximum absolute atomic E-state index is 12.0. The zero-order valence-corrected chi connectivity index (χ0v) is 11.4. The normalized spacial score (nSPS) is 19.1. The number of carbonyl (C=O) groups is 1. The van der Waals surface area contributed by atoms with E-state index in [1.54, 1.807) is 12.4 Å². The molecule has 2 heterocycles. The van der Waals surface area contributed by atoms with Crippen molar-refractivity contribution in [3.05, 3.63) is 59.9 Å². The second-order valence-corrected chi connectivity index (χ2v) is 4.88. The molecule has 4 nitrogen and oxygen atoms in total. The minimum atomic E-state index is 0.0378. The van der Waals surface area contributed by atoms with E-state index in [9.17, 15) is 4.79 Å². The highest BCUT2D eigenvalue weighted by Crippen LogP contribution is 2.34. The summed E-state index contributed by atoms with van der Waals surface area (Å²) in [5, 5.41) is 2.99. The van der Waals surface area contributed by atoms with Crippen LogP contribution in [0.3, 0.4) is 0 Å². The van der Waals surface area contributed by atoms with E-state index in [4.69, 9.17) is 0 Å². The number of anilines is 1. The number of likely N-dealkylation sites (N-methyl/N-ethyl adjacent to an activating group) is 1. The molecule has 0 radical (unpaired) electrons. The molecule has 1 amide bonds. The summed E-state index contributed by atoms with van der Waals surface area (Å²) < 4.78 is 0. The number of carbonyl (C=O) groups excluding carboxylic acids is 1. The largest absolute Gasteiger partial charge is 0.325 e. The van der Waals surface area contributed by atoms with Crippen molar-refractivity contribution < 1.29 is 4.79 Å². The zero-order chi connectivity index (χ0) is 13.9. The minimum absolute atomic E-state index is 0.0378. The van der Waals surface area contributed by atoms with E-state index in [2.05, 4.69) is 28.2 Å². The number of hydrogen-bond acceptors (Lipinski definition) is 3. The monoisotopic (exact) mass is 267 g/mol. The van der Waals surface area contributed by atoms with Crippen LogP contribution in [-0.4, -0.2) is 28.9 Å². The van der Waals surface area contributed by atoms with Gasteiger partial charge in [0.15, 0.2) is 0 Å². The summed E-state index contributed by atoms with van der Waals surface area (Å²) in [6, 6.07) is 12.1. The molecule has 1 aliphatic heterocycles. The van der Waals surface area contributed by atoms with Crippen LogP contribution in [0.5, 0.6) is 0 Å². The van der Waals surface area contributed by atoms with Crippen molar-refractivity contribution in [1.29, 1.82) is 0 Å². The molecule has 0 aliphatic carbocycles. The number of nitrogens with zero attached hydrogens (tertiary/aromatic N) is 2. The van der Waals surface area contributed by atoms with Crippen LogP contribution in [0, 0.1) is 0 Å². The lowest BCUT2D eigenvalue weighted by molar-refractivity contribution is -0.117. The summed E-state index contributed by atoms with van der Waals surface area (Å²) in [6.45, 7) is 3.29. The van der Waals surface area contributed by atoms with Crippen molar-refractivity contribution in [3.63, 3.8) is 0 Å². The van der Waals surface area contributed by atoms with Crippen LogP contribution in [0.15, 0.2) is 48.8 Å². The average molecular weight is 267 g/mol. The van der Waals surface area contributed by atoms with Gasteiger partial charge in [-0.15, -0.1) is 0 Å².